The molecule has 15 heavy (non-hydrogen) atoms. The molecule has 2 rings (SSSR count). The van der Waals surface area contributed by atoms with Crippen LogP contribution in [-0.2, 0) is 6.42 Å². The molecule has 1 atom stereocenters. The topological polar surface area (TPSA) is 26.0 Å². The summed E-state index contributed by atoms with van der Waals surface area (Å²) in [5.74, 6) is 0. The third-order valence-electron chi connectivity index (χ3n) is 2.46. The lowest BCUT2D eigenvalue weighted by Gasteiger charge is -2.06. The molecule has 0 aliphatic rings. The number of hydrogen-bond donors (Lipinski definition) is 1. The smallest absolute Gasteiger partial charge is 0.0266 e. The van der Waals surface area contributed by atoms with Gasteiger partial charge in [0.05, 0.1) is 0 Å². The van der Waals surface area contributed by atoms with Crippen molar-refractivity contribution < 1.29 is 0 Å². The predicted molar refractivity (Wildman–Crippen MR) is 66.2 cm³/mol. The minimum Gasteiger partial charge on any atom is -0.324 e. The van der Waals surface area contributed by atoms with Gasteiger partial charge >= 0.3 is 0 Å². The third-order valence-corrected chi connectivity index (χ3v) is 3.34. The van der Waals surface area contributed by atoms with E-state index in [2.05, 4.69) is 41.8 Å². The zero-order valence-corrected chi connectivity index (χ0v) is 9.63. The van der Waals surface area contributed by atoms with Crippen LogP contribution in [0, 0.1) is 0 Å². The van der Waals surface area contributed by atoms with Gasteiger partial charge in [-0.25, -0.2) is 0 Å². The van der Waals surface area contributed by atoms with Gasteiger partial charge in [-0.05, 0) is 29.5 Å². The fraction of sp³-hybridized carbons (Fsp3) is 0.231. The Labute approximate surface area is 94.6 Å². The van der Waals surface area contributed by atoms with Gasteiger partial charge < -0.3 is 5.73 Å². The molecule has 0 saturated carbocycles. The van der Waals surface area contributed by atoms with Crippen molar-refractivity contribution in [2.75, 3.05) is 0 Å². The van der Waals surface area contributed by atoms with Crippen LogP contribution in [0.5, 0.6) is 0 Å². The van der Waals surface area contributed by atoms with E-state index in [0.29, 0.717) is 0 Å². The summed E-state index contributed by atoms with van der Waals surface area (Å²) < 4.78 is 0. The van der Waals surface area contributed by atoms with E-state index in [-0.39, 0.29) is 6.04 Å². The monoisotopic (exact) mass is 217 g/mol. The molecule has 0 aliphatic carbocycles. The molecule has 0 spiro atoms. The Morgan fingerprint density at radius 1 is 1.20 bits per heavy atom. The number of benzene rings is 1. The summed E-state index contributed by atoms with van der Waals surface area (Å²) >= 11 is 1.80. The first kappa shape index (κ1) is 10.4. The van der Waals surface area contributed by atoms with E-state index in [1.54, 1.807) is 11.3 Å². The molecular weight excluding hydrogens is 202 g/mol. The van der Waals surface area contributed by atoms with Crippen molar-refractivity contribution in [3.05, 3.63) is 57.8 Å². The fourth-order valence-electron chi connectivity index (χ4n) is 1.55. The highest BCUT2D eigenvalue weighted by molar-refractivity contribution is 7.09. The van der Waals surface area contributed by atoms with Gasteiger partial charge in [0.1, 0.15) is 0 Å². The zero-order valence-electron chi connectivity index (χ0n) is 8.81. The molecule has 1 heterocycles. The average molecular weight is 217 g/mol. The van der Waals surface area contributed by atoms with Crippen molar-refractivity contribution in [3.63, 3.8) is 0 Å². The van der Waals surface area contributed by atoms with Crippen molar-refractivity contribution >= 4 is 11.3 Å². The number of hydrogen-bond acceptors (Lipinski definition) is 2. The first-order chi connectivity index (χ1) is 7.25. The molecule has 1 nitrogen and oxygen atoms in total. The minimum absolute atomic E-state index is 0.126. The van der Waals surface area contributed by atoms with Gasteiger partial charge in [-0.1, -0.05) is 30.3 Å². The molecule has 2 aromatic rings. The molecule has 1 unspecified atom stereocenters. The summed E-state index contributed by atoms with van der Waals surface area (Å²) in [4.78, 5) is 1.41. The van der Waals surface area contributed by atoms with E-state index in [9.17, 15) is 0 Å². The average Bonchev–Trinajstić information content (AvgIpc) is 2.71. The molecule has 1 aromatic carbocycles. The molecule has 0 amide bonds. The zero-order chi connectivity index (χ0) is 10.7. The summed E-state index contributed by atoms with van der Waals surface area (Å²) in [6.45, 7) is 2.01. The summed E-state index contributed by atoms with van der Waals surface area (Å²) in [7, 11) is 0. The summed E-state index contributed by atoms with van der Waals surface area (Å²) in [5.41, 5.74) is 8.35. The third kappa shape index (κ3) is 2.67. The standard InChI is InChI=1S/C13H15NS/c1-10(14)12-6-4-11(5-7-12)9-13-3-2-8-15-13/h2-8,10H,9,14H2,1H3. The fourth-order valence-corrected chi connectivity index (χ4v) is 2.29. The lowest BCUT2D eigenvalue weighted by molar-refractivity contribution is 0.817. The molecule has 2 heteroatoms. The van der Waals surface area contributed by atoms with Crippen LogP contribution in [0.1, 0.15) is 29.0 Å². The molecule has 0 saturated heterocycles. The van der Waals surface area contributed by atoms with E-state index < -0.39 is 0 Å². The predicted octanol–water partition coefficient (Wildman–Crippen LogP) is 3.36. The lowest BCUT2D eigenvalue weighted by atomic mass is 10.0. The van der Waals surface area contributed by atoms with Gasteiger partial charge in [-0.3, -0.25) is 0 Å². The van der Waals surface area contributed by atoms with Crippen LogP contribution in [-0.4, -0.2) is 0 Å². The van der Waals surface area contributed by atoms with Gasteiger partial charge in [0.2, 0.25) is 0 Å². The van der Waals surface area contributed by atoms with Crippen LogP contribution in [0.2, 0.25) is 0 Å². The first-order valence-corrected chi connectivity index (χ1v) is 6.00. The van der Waals surface area contributed by atoms with E-state index in [1.165, 1.54) is 16.0 Å². The van der Waals surface area contributed by atoms with Gasteiger partial charge in [0, 0.05) is 17.3 Å². The molecular formula is C13H15NS. The highest BCUT2D eigenvalue weighted by atomic mass is 32.1. The summed E-state index contributed by atoms with van der Waals surface area (Å²) in [6, 6.07) is 13.0. The van der Waals surface area contributed by atoms with E-state index in [0.717, 1.165) is 6.42 Å². The SMILES string of the molecule is CC(N)c1ccc(Cc2cccs2)cc1. The maximum Gasteiger partial charge on any atom is 0.0266 e. The van der Waals surface area contributed by atoms with Gasteiger partial charge in [-0.15, -0.1) is 11.3 Å². The second-order valence-corrected chi connectivity index (χ2v) is 4.82. The van der Waals surface area contributed by atoms with Gasteiger partial charge in [0.25, 0.3) is 0 Å². The molecule has 1 aromatic heterocycles. The van der Waals surface area contributed by atoms with Crippen molar-refractivity contribution in [1.82, 2.24) is 0 Å². The molecule has 0 aliphatic heterocycles. The maximum atomic E-state index is 5.80. The van der Waals surface area contributed by atoms with Crippen molar-refractivity contribution in [2.24, 2.45) is 5.73 Å². The Kier molecular flexibility index (Phi) is 3.19. The van der Waals surface area contributed by atoms with Crippen LogP contribution in [0.4, 0.5) is 0 Å². The normalized spacial score (nSPS) is 12.7. The Morgan fingerprint density at radius 2 is 1.93 bits per heavy atom. The maximum absolute atomic E-state index is 5.80. The minimum atomic E-state index is 0.126. The summed E-state index contributed by atoms with van der Waals surface area (Å²) in [6.07, 6.45) is 1.02. The van der Waals surface area contributed by atoms with Crippen LogP contribution in [0.3, 0.4) is 0 Å². The lowest BCUT2D eigenvalue weighted by Crippen LogP contribution is -2.04. The van der Waals surface area contributed by atoms with Gasteiger partial charge in [-0.2, -0.15) is 0 Å². The van der Waals surface area contributed by atoms with Crippen LogP contribution in [0.15, 0.2) is 41.8 Å². The first-order valence-electron chi connectivity index (χ1n) is 5.12. The Hall–Kier alpha value is -1.12. The summed E-state index contributed by atoms with van der Waals surface area (Å²) in [5, 5.41) is 2.12. The van der Waals surface area contributed by atoms with Crippen LogP contribution < -0.4 is 5.73 Å². The molecule has 2 N–H and O–H groups in total. The van der Waals surface area contributed by atoms with Gasteiger partial charge in [0.15, 0.2) is 0 Å². The Morgan fingerprint density at radius 3 is 2.47 bits per heavy atom. The van der Waals surface area contributed by atoms with Crippen molar-refractivity contribution in [2.45, 2.75) is 19.4 Å². The van der Waals surface area contributed by atoms with Crippen molar-refractivity contribution in [3.8, 4) is 0 Å². The van der Waals surface area contributed by atoms with Crippen LogP contribution in [0.25, 0.3) is 0 Å². The highest BCUT2D eigenvalue weighted by Crippen LogP contribution is 2.16. The number of thiophene rings is 1. The highest BCUT2D eigenvalue weighted by Gasteiger charge is 2.00. The van der Waals surface area contributed by atoms with Crippen LogP contribution >= 0.6 is 11.3 Å². The van der Waals surface area contributed by atoms with E-state index in [1.807, 2.05) is 6.92 Å². The number of rotatable bonds is 3. The Bertz CT molecular complexity index is 401. The van der Waals surface area contributed by atoms with E-state index >= 15 is 0 Å². The van der Waals surface area contributed by atoms with Crippen molar-refractivity contribution in [1.29, 1.82) is 0 Å². The molecule has 0 bridgehead atoms. The quantitative estimate of drug-likeness (QED) is 0.838. The molecule has 0 radical (unpaired) electrons. The second kappa shape index (κ2) is 4.60. The molecule has 0 fully saturated rings. The number of nitrogens with two attached hydrogens (primary N) is 1. The second-order valence-electron chi connectivity index (χ2n) is 3.79. The Balaban J connectivity index is 2.11. The molecule has 78 valence electrons. The largest absolute Gasteiger partial charge is 0.324 e. The van der Waals surface area contributed by atoms with E-state index in [4.69, 9.17) is 5.73 Å².